The van der Waals surface area contributed by atoms with E-state index >= 15 is 0 Å². The Morgan fingerprint density at radius 1 is 0.962 bits per heavy atom. The summed E-state index contributed by atoms with van der Waals surface area (Å²) in [5, 5.41) is 4.99. The number of nitrogens with one attached hydrogen (secondary N) is 3. The number of aromatic nitrogens is 2. The molecule has 0 fully saturated rings. The van der Waals surface area contributed by atoms with Gasteiger partial charge < -0.3 is 15.3 Å². The first kappa shape index (κ1) is 16.5. The van der Waals surface area contributed by atoms with Crippen LogP contribution in [0.5, 0.6) is 0 Å². The van der Waals surface area contributed by atoms with E-state index in [1.807, 2.05) is 25.1 Å². The molecule has 1 unspecified atom stereocenters. The number of aromatic amines is 2. The number of thioether (sulfide) groups is 1. The number of amides is 1. The van der Waals surface area contributed by atoms with E-state index in [9.17, 15) is 9.59 Å². The number of hydrogen-bond acceptors (Lipinski definition) is 3. The zero-order valence-electron chi connectivity index (χ0n) is 14.1. The smallest absolute Gasteiger partial charge is 0.323 e. The molecule has 1 aromatic heterocycles. The average Bonchev–Trinajstić information content (AvgIpc) is 3.01. The van der Waals surface area contributed by atoms with Crippen LogP contribution in [-0.2, 0) is 4.79 Å². The van der Waals surface area contributed by atoms with E-state index in [1.165, 1.54) is 17.1 Å². The first-order valence-corrected chi connectivity index (χ1v) is 9.15. The van der Waals surface area contributed by atoms with Gasteiger partial charge in [-0.3, -0.25) is 4.79 Å². The van der Waals surface area contributed by atoms with Crippen molar-refractivity contribution in [3.05, 3.63) is 71.1 Å². The summed E-state index contributed by atoms with van der Waals surface area (Å²) in [5.41, 5.74) is 1.78. The van der Waals surface area contributed by atoms with Gasteiger partial charge in [0, 0.05) is 10.6 Å². The lowest BCUT2D eigenvalue weighted by atomic mass is 10.1. The van der Waals surface area contributed by atoms with Crippen LogP contribution in [0.15, 0.2) is 70.4 Å². The van der Waals surface area contributed by atoms with Gasteiger partial charge in [0.1, 0.15) is 0 Å². The van der Waals surface area contributed by atoms with Crippen LogP contribution in [0, 0.1) is 0 Å². The van der Waals surface area contributed by atoms with Gasteiger partial charge >= 0.3 is 5.69 Å². The van der Waals surface area contributed by atoms with Crippen molar-refractivity contribution in [2.24, 2.45) is 0 Å². The van der Waals surface area contributed by atoms with Gasteiger partial charge in [0.2, 0.25) is 5.91 Å². The molecule has 0 aliphatic heterocycles. The number of H-pyrrole nitrogens is 2. The monoisotopic (exact) mass is 363 g/mol. The maximum atomic E-state index is 12.5. The van der Waals surface area contributed by atoms with E-state index in [4.69, 9.17) is 0 Å². The summed E-state index contributed by atoms with van der Waals surface area (Å²) in [7, 11) is 0. The Balaban J connectivity index is 1.48. The van der Waals surface area contributed by atoms with Gasteiger partial charge in [0.15, 0.2) is 0 Å². The zero-order valence-corrected chi connectivity index (χ0v) is 14.9. The normalized spacial score (nSPS) is 12.3. The summed E-state index contributed by atoms with van der Waals surface area (Å²) in [4.78, 5) is 30.3. The van der Waals surface area contributed by atoms with Crippen molar-refractivity contribution in [2.75, 3.05) is 5.32 Å². The predicted molar refractivity (Wildman–Crippen MR) is 107 cm³/mol. The second-order valence-corrected chi connectivity index (χ2v) is 7.51. The fourth-order valence-electron chi connectivity index (χ4n) is 2.85. The van der Waals surface area contributed by atoms with Crippen molar-refractivity contribution in [3.63, 3.8) is 0 Å². The lowest BCUT2D eigenvalue weighted by Crippen LogP contribution is -2.22. The highest BCUT2D eigenvalue weighted by Gasteiger charge is 2.15. The molecule has 1 heterocycles. The van der Waals surface area contributed by atoms with Crippen molar-refractivity contribution < 1.29 is 4.79 Å². The van der Waals surface area contributed by atoms with Crippen LogP contribution in [0.2, 0.25) is 0 Å². The minimum Gasteiger partial charge on any atom is -0.325 e. The van der Waals surface area contributed by atoms with Gasteiger partial charge in [0.05, 0.1) is 16.3 Å². The molecule has 4 rings (SSSR count). The van der Waals surface area contributed by atoms with Gasteiger partial charge in [-0.2, -0.15) is 0 Å². The fourth-order valence-corrected chi connectivity index (χ4v) is 3.77. The summed E-state index contributed by atoms with van der Waals surface area (Å²) < 4.78 is 0. The minimum atomic E-state index is -0.260. The first-order valence-electron chi connectivity index (χ1n) is 8.27. The molecule has 3 aromatic carbocycles. The molecule has 4 aromatic rings. The molecule has 6 heteroatoms. The van der Waals surface area contributed by atoms with Gasteiger partial charge in [-0.1, -0.05) is 30.3 Å². The van der Waals surface area contributed by atoms with E-state index in [1.54, 1.807) is 18.2 Å². The van der Waals surface area contributed by atoms with E-state index in [-0.39, 0.29) is 16.8 Å². The summed E-state index contributed by atoms with van der Waals surface area (Å²) in [6.45, 7) is 1.88. The van der Waals surface area contributed by atoms with Crippen LogP contribution >= 0.6 is 11.8 Å². The highest BCUT2D eigenvalue weighted by Crippen LogP contribution is 2.27. The third-order valence-electron chi connectivity index (χ3n) is 4.19. The number of carbonyl (C=O) groups excluding carboxylic acids is 1. The van der Waals surface area contributed by atoms with Crippen LogP contribution < -0.4 is 11.0 Å². The number of fused-ring (bicyclic) bond motifs is 2. The molecule has 0 saturated carbocycles. The third kappa shape index (κ3) is 3.36. The lowest BCUT2D eigenvalue weighted by Gasteiger charge is -2.12. The Morgan fingerprint density at radius 3 is 2.58 bits per heavy atom. The van der Waals surface area contributed by atoms with Crippen LogP contribution in [-0.4, -0.2) is 21.1 Å². The number of hydrogen-bond donors (Lipinski definition) is 3. The molecule has 0 aliphatic carbocycles. The molecule has 0 aliphatic rings. The molecule has 1 atom stereocenters. The molecular formula is C20H17N3O2S. The summed E-state index contributed by atoms with van der Waals surface area (Å²) >= 11 is 1.52. The number of imidazole rings is 1. The third-order valence-corrected chi connectivity index (χ3v) is 5.28. The van der Waals surface area contributed by atoms with Crippen molar-refractivity contribution in [2.45, 2.75) is 17.1 Å². The van der Waals surface area contributed by atoms with Crippen LogP contribution in [0.1, 0.15) is 6.92 Å². The molecule has 0 spiro atoms. The maximum absolute atomic E-state index is 12.5. The van der Waals surface area contributed by atoms with Crippen molar-refractivity contribution in [1.29, 1.82) is 0 Å². The predicted octanol–water partition coefficient (Wildman–Crippen LogP) is 4.13. The second-order valence-electron chi connectivity index (χ2n) is 6.10. The summed E-state index contributed by atoms with van der Waals surface area (Å²) in [6.07, 6.45) is 0. The van der Waals surface area contributed by atoms with Crippen molar-refractivity contribution in [3.8, 4) is 0 Å². The maximum Gasteiger partial charge on any atom is 0.323 e. The Labute approximate surface area is 153 Å². The largest absolute Gasteiger partial charge is 0.325 e. The molecular weight excluding hydrogens is 346 g/mol. The van der Waals surface area contributed by atoms with Crippen molar-refractivity contribution >= 4 is 45.2 Å². The molecule has 0 radical (unpaired) electrons. The van der Waals surface area contributed by atoms with Crippen LogP contribution in [0.3, 0.4) is 0 Å². The molecule has 3 N–H and O–H groups in total. The average molecular weight is 363 g/mol. The lowest BCUT2D eigenvalue weighted by molar-refractivity contribution is -0.115. The molecule has 1 amide bonds. The van der Waals surface area contributed by atoms with E-state index < -0.39 is 0 Å². The van der Waals surface area contributed by atoms with Crippen LogP contribution in [0.25, 0.3) is 21.8 Å². The minimum absolute atomic E-state index is 0.0830. The van der Waals surface area contributed by atoms with Crippen LogP contribution in [0.4, 0.5) is 5.69 Å². The van der Waals surface area contributed by atoms with E-state index in [2.05, 4.69) is 39.6 Å². The van der Waals surface area contributed by atoms with Gasteiger partial charge in [0.25, 0.3) is 0 Å². The Kier molecular flexibility index (Phi) is 4.26. The Morgan fingerprint density at radius 2 is 1.73 bits per heavy atom. The first-order chi connectivity index (χ1) is 12.6. The highest BCUT2D eigenvalue weighted by molar-refractivity contribution is 8.00. The molecule has 0 bridgehead atoms. The quantitative estimate of drug-likeness (QED) is 0.477. The van der Waals surface area contributed by atoms with Gasteiger partial charge in [-0.15, -0.1) is 11.8 Å². The standard InChI is InChI=1S/C20H17N3O2S/c1-12(26-16-8-6-13-4-2-3-5-14(13)10-16)19(24)21-15-7-9-17-18(11-15)23-20(25)22-17/h2-12H,1H3,(H,21,24)(H2,22,23,25). The Bertz CT molecular complexity index is 1160. The number of anilines is 1. The number of rotatable bonds is 4. The number of benzene rings is 3. The molecule has 130 valence electrons. The van der Waals surface area contributed by atoms with E-state index in [0.29, 0.717) is 16.7 Å². The fraction of sp³-hybridized carbons (Fsp3) is 0.100. The molecule has 5 nitrogen and oxygen atoms in total. The molecule has 26 heavy (non-hydrogen) atoms. The van der Waals surface area contributed by atoms with Gasteiger partial charge in [-0.05, 0) is 48.0 Å². The second kappa shape index (κ2) is 6.72. The molecule has 0 saturated heterocycles. The van der Waals surface area contributed by atoms with Gasteiger partial charge in [-0.25, -0.2) is 4.79 Å². The highest BCUT2D eigenvalue weighted by atomic mass is 32.2. The zero-order chi connectivity index (χ0) is 18.1. The number of carbonyl (C=O) groups is 1. The topological polar surface area (TPSA) is 77.8 Å². The summed E-state index contributed by atoms with van der Waals surface area (Å²) in [6, 6.07) is 19.7. The van der Waals surface area contributed by atoms with E-state index in [0.717, 1.165) is 10.3 Å². The Hall–Kier alpha value is -2.99. The SMILES string of the molecule is CC(Sc1ccc2ccccc2c1)C(=O)Nc1ccc2[nH]c(=O)[nH]c2c1. The van der Waals surface area contributed by atoms with Crippen molar-refractivity contribution in [1.82, 2.24) is 9.97 Å². The summed E-state index contributed by atoms with van der Waals surface area (Å²) in [5.74, 6) is -0.0830.